The molecule has 0 saturated carbocycles. The van der Waals surface area contributed by atoms with Crippen LogP contribution in [0.3, 0.4) is 0 Å². The van der Waals surface area contributed by atoms with Crippen molar-refractivity contribution in [3.8, 4) is 17.2 Å². The summed E-state index contributed by atoms with van der Waals surface area (Å²) in [5.74, 6) is 0.666. The van der Waals surface area contributed by atoms with E-state index < -0.39 is 26.9 Å². The number of carbonyl (C=O) groups is 1. The second kappa shape index (κ2) is 7.60. The SMILES string of the molecule is COc1ccccc1N1C(=O)CS(=O)(=O)[C@H]1c1ccc(Oc2ccccc2)cc1. The van der Waals surface area contributed by atoms with Crippen molar-refractivity contribution in [2.45, 2.75) is 5.37 Å². The van der Waals surface area contributed by atoms with Crippen LogP contribution < -0.4 is 14.4 Å². The summed E-state index contributed by atoms with van der Waals surface area (Å²) in [5.41, 5.74) is 0.915. The molecule has 6 nitrogen and oxygen atoms in total. The van der Waals surface area contributed by atoms with Gasteiger partial charge in [-0.2, -0.15) is 0 Å². The van der Waals surface area contributed by atoms with E-state index in [1.165, 1.54) is 12.0 Å². The lowest BCUT2D eigenvalue weighted by atomic mass is 10.1. The van der Waals surface area contributed by atoms with E-state index in [4.69, 9.17) is 9.47 Å². The van der Waals surface area contributed by atoms with Gasteiger partial charge in [-0.15, -0.1) is 0 Å². The van der Waals surface area contributed by atoms with Crippen LogP contribution in [-0.4, -0.2) is 27.2 Å². The third-order valence-corrected chi connectivity index (χ3v) is 6.47. The second-order valence-electron chi connectivity index (χ2n) is 6.58. The lowest BCUT2D eigenvalue weighted by Crippen LogP contribution is -2.29. The van der Waals surface area contributed by atoms with Gasteiger partial charge < -0.3 is 9.47 Å². The highest BCUT2D eigenvalue weighted by molar-refractivity contribution is 7.93. The van der Waals surface area contributed by atoms with Gasteiger partial charge in [0.2, 0.25) is 5.91 Å². The number of anilines is 1. The lowest BCUT2D eigenvalue weighted by molar-refractivity contribution is -0.115. The first-order valence-corrected chi connectivity index (χ1v) is 10.7. The number of benzene rings is 3. The van der Waals surface area contributed by atoms with Gasteiger partial charge in [-0.25, -0.2) is 8.42 Å². The van der Waals surface area contributed by atoms with Crippen molar-refractivity contribution in [1.29, 1.82) is 0 Å². The monoisotopic (exact) mass is 409 g/mol. The summed E-state index contributed by atoms with van der Waals surface area (Å²) in [6.45, 7) is 0. The molecule has 4 rings (SSSR count). The van der Waals surface area contributed by atoms with Crippen LogP contribution in [0, 0.1) is 0 Å². The number of para-hydroxylation sites is 3. The van der Waals surface area contributed by atoms with Crippen molar-refractivity contribution >= 4 is 21.4 Å². The Morgan fingerprint density at radius 3 is 2.17 bits per heavy atom. The maximum Gasteiger partial charge on any atom is 0.243 e. The van der Waals surface area contributed by atoms with Crippen LogP contribution in [0.1, 0.15) is 10.9 Å². The van der Waals surface area contributed by atoms with E-state index in [1.807, 2.05) is 30.3 Å². The van der Waals surface area contributed by atoms with Crippen molar-refractivity contribution in [3.05, 3.63) is 84.4 Å². The Morgan fingerprint density at radius 2 is 1.48 bits per heavy atom. The van der Waals surface area contributed by atoms with Crippen molar-refractivity contribution < 1.29 is 22.7 Å². The first-order valence-electron chi connectivity index (χ1n) is 8.99. The Balaban J connectivity index is 1.70. The van der Waals surface area contributed by atoms with Gasteiger partial charge in [0.1, 0.15) is 23.0 Å². The van der Waals surface area contributed by atoms with Crippen molar-refractivity contribution in [2.75, 3.05) is 17.8 Å². The minimum absolute atomic E-state index is 0.427. The van der Waals surface area contributed by atoms with Gasteiger partial charge >= 0.3 is 0 Å². The number of hydrogen-bond donors (Lipinski definition) is 0. The van der Waals surface area contributed by atoms with Gasteiger partial charge in [-0.3, -0.25) is 9.69 Å². The van der Waals surface area contributed by atoms with Gasteiger partial charge in [0.05, 0.1) is 12.8 Å². The number of sulfone groups is 1. The molecule has 0 unspecified atom stereocenters. The van der Waals surface area contributed by atoms with E-state index in [0.29, 0.717) is 28.5 Å². The fourth-order valence-corrected chi connectivity index (χ4v) is 5.15. The van der Waals surface area contributed by atoms with Crippen molar-refractivity contribution in [3.63, 3.8) is 0 Å². The van der Waals surface area contributed by atoms with Crippen molar-refractivity contribution in [1.82, 2.24) is 0 Å². The average Bonchev–Trinajstić information content (AvgIpc) is 2.97. The molecular weight excluding hydrogens is 390 g/mol. The zero-order valence-electron chi connectivity index (χ0n) is 15.7. The van der Waals surface area contributed by atoms with Crippen LogP contribution >= 0.6 is 0 Å². The van der Waals surface area contributed by atoms with E-state index in [9.17, 15) is 13.2 Å². The maximum atomic E-state index is 12.8. The molecule has 3 aromatic rings. The zero-order chi connectivity index (χ0) is 20.4. The predicted molar refractivity (Wildman–Crippen MR) is 110 cm³/mol. The van der Waals surface area contributed by atoms with Gasteiger partial charge in [0.25, 0.3) is 0 Å². The molecule has 0 aliphatic carbocycles. The molecule has 0 aromatic heterocycles. The Hall–Kier alpha value is -3.32. The minimum atomic E-state index is -3.70. The zero-order valence-corrected chi connectivity index (χ0v) is 16.5. The van der Waals surface area contributed by atoms with Crippen LogP contribution in [-0.2, 0) is 14.6 Å². The molecule has 1 saturated heterocycles. The summed E-state index contributed by atoms with van der Waals surface area (Å²) in [4.78, 5) is 13.9. The molecule has 148 valence electrons. The standard InChI is InChI=1S/C22H19NO5S/c1-27-20-10-6-5-9-19(20)23-21(24)15-29(25,26)22(23)16-11-13-18(14-12-16)28-17-7-3-2-4-8-17/h2-14,22H,15H2,1H3/t22-/m0/s1. The first kappa shape index (κ1) is 19.0. The molecule has 0 radical (unpaired) electrons. The molecule has 29 heavy (non-hydrogen) atoms. The number of ether oxygens (including phenoxy) is 2. The number of carbonyl (C=O) groups excluding carboxylic acids is 1. The molecule has 3 aromatic carbocycles. The summed E-state index contributed by atoms with van der Waals surface area (Å²) in [5, 5.41) is -1.11. The third-order valence-electron chi connectivity index (χ3n) is 4.66. The van der Waals surface area contributed by atoms with Crippen LogP contribution in [0.25, 0.3) is 0 Å². The number of amides is 1. The number of nitrogens with zero attached hydrogens (tertiary/aromatic N) is 1. The molecule has 0 bridgehead atoms. The van der Waals surface area contributed by atoms with Crippen LogP contribution in [0.15, 0.2) is 78.9 Å². The maximum absolute atomic E-state index is 12.8. The van der Waals surface area contributed by atoms with Gasteiger partial charge in [-0.05, 0) is 42.0 Å². The van der Waals surface area contributed by atoms with E-state index >= 15 is 0 Å². The fraction of sp³-hybridized carbons (Fsp3) is 0.136. The highest BCUT2D eigenvalue weighted by Crippen LogP contribution is 2.41. The summed E-state index contributed by atoms with van der Waals surface area (Å²) in [6.07, 6.45) is 0. The second-order valence-corrected chi connectivity index (χ2v) is 8.64. The van der Waals surface area contributed by atoms with Gasteiger partial charge in [0.15, 0.2) is 15.2 Å². The van der Waals surface area contributed by atoms with Crippen molar-refractivity contribution in [2.24, 2.45) is 0 Å². The summed E-state index contributed by atoms with van der Waals surface area (Å²) in [7, 11) is -2.22. The van der Waals surface area contributed by atoms with E-state index in [-0.39, 0.29) is 0 Å². The van der Waals surface area contributed by atoms with Crippen LogP contribution in [0.5, 0.6) is 17.2 Å². The molecular formula is C22H19NO5S. The van der Waals surface area contributed by atoms with Gasteiger partial charge in [0, 0.05) is 0 Å². The lowest BCUT2D eigenvalue weighted by Gasteiger charge is -2.25. The summed E-state index contributed by atoms with van der Waals surface area (Å²) in [6, 6.07) is 22.9. The minimum Gasteiger partial charge on any atom is -0.495 e. The molecule has 7 heteroatoms. The number of methoxy groups -OCH3 is 1. The molecule has 0 spiro atoms. The van der Waals surface area contributed by atoms with Crippen LogP contribution in [0.2, 0.25) is 0 Å². The smallest absolute Gasteiger partial charge is 0.243 e. The Morgan fingerprint density at radius 1 is 0.862 bits per heavy atom. The van der Waals surface area contributed by atoms with E-state index in [2.05, 4.69) is 0 Å². The Labute approximate surface area is 169 Å². The predicted octanol–water partition coefficient (Wildman–Crippen LogP) is 3.95. The Kier molecular flexibility index (Phi) is 4.98. The first-order chi connectivity index (χ1) is 14.0. The normalized spacial score (nSPS) is 17.9. The largest absolute Gasteiger partial charge is 0.495 e. The molecule has 0 N–H and O–H groups in total. The number of hydrogen-bond acceptors (Lipinski definition) is 5. The molecule has 1 heterocycles. The molecule has 1 fully saturated rings. The molecule has 1 amide bonds. The summed E-state index contributed by atoms with van der Waals surface area (Å²) < 4.78 is 36.7. The third kappa shape index (κ3) is 3.69. The highest BCUT2D eigenvalue weighted by Gasteiger charge is 2.46. The topological polar surface area (TPSA) is 72.9 Å². The highest BCUT2D eigenvalue weighted by atomic mass is 32.2. The van der Waals surface area contributed by atoms with Gasteiger partial charge in [-0.1, -0.05) is 42.5 Å². The number of rotatable bonds is 5. The van der Waals surface area contributed by atoms with E-state index in [1.54, 1.807) is 48.5 Å². The van der Waals surface area contributed by atoms with E-state index in [0.717, 1.165) is 0 Å². The fourth-order valence-electron chi connectivity index (χ4n) is 3.38. The molecule has 1 aliphatic rings. The van der Waals surface area contributed by atoms with Crippen LogP contribution in [0.4, 0.5) is 5.69 Å². The molecule has 1 aliphatic heterocycles. The molecule has 1 atom stereocenters. The Bertz CT molecular complexity index is 1130. The average molecular weight is 409 g/mol. The quantitative estimate of drug-likeness (QED) is 0.638. The summed E-state index contributed by atoms with van der Waals surface area (Å²) >= 11 is 0.